The molecular formula is C12H16BrN3O2. The fourth-order valence-corrected chi connectivity index (χ4v) is 2.15. The third-order valence-corrected chi connectivity index (χ3v) is 3.16. The van der Waals surface area contributed by atoms with Crippen molar-refractivity contribution in [3.05, 3.63) is 16.7 Å². The Bertz CT molecular complexity index is 449. The van der Waals surface area contributed by atoms with Gasteiger partial charge in [-0.05, 0) is 41.8 Å². The van der Waals surface area contributed by atoms with Crippen LogP contribution in [0.3, 0.4) is 0 Å². The molecule has 2 N–H and O–H groups in total. The number of anilines is 2. The van der Waals surface area contributed by atoms with Crippen molar-refractivity contribution >= 4 is 33.4 Å². The molecule has 0 atom stereocenters. The summed E-state index contributed by atoms with van der Waals surface area (Å²) in [6.07, 6.45) is 3.82. The van der Waals surface area contributed by atoms with E-state index in [4.69, 9.17) is 10.5 Å². The van der Waals surface area contributed by atoms with Crippen LogP contribution in [0, 0.1) is 0 Å². The number of aromatic nitrogens is 1. The summed E-state index contributed by atoms with van der Waals surface area (Å²) in [5, 5.41) is 0. The number of carbonyl (C=O) groups is 1. The van der Waals surface area contributed by atoms with Crippen LogP contribution in [0.25, 0.3) is 0 Å². The summed E-state index contributed by atoms with van der Waals surface area (Å²) in [7, 11) is 0. The van der Waals surface area contributed by atoms with Crippen molar-refractivity contribution in [2.24, 2.45) is 0 Å². The Balaban J connectivity index is 2.16. The highest BCUT2D eigenvalue weighted by atomic mass is 79.9. The molecule has 2 rings (SSSR count). The molecule has 0 aromatic carbocycles. The van der Waals surface area contributed by atoms with Gasteiger partial charge in [-0.15, -0.1) is 0 Å². The highest BCUT2D eigenvalue weighted by molar-refractivity contribution is 9.10. The van der Waals surface area contributed by atoms with Gasteiger partial charge in [-0.2, -0.15) is 0 Å². The maximum Gasteiger partial charge on any atom is 0.325 e. The van der Waals surface area contributed by atoms with E-state index in [1.54, 1.807) is 19.2 Å². The molecule has 0 unspecified atom stereocenters. The third-order valence-electron chi connectivity index (χ3n) is 2.73. The van der Waals surface area contributed by atoms with Gasteiger partial charge in [0, 0.05) is 16.7 Å². The van der Waals surface area contributed by atoms with Gasteiger partial charge in [0.15, 0.2) is 5.82 Å². The van der Waals surface area contributed by atoms with E-state index in [0.717, 1.165) is 17.3 Å². The Morgan fingerprint density at radius 1 is 1.67 bits per heavy atom. The smallest absolute Gasteiger partial charge is 0.325 e. The summed E-state index contributed by atoms with van der Waals surface area (Å²) >= 11 is 3.32. The minimum absolute atomic E-state index is 0.206. The number of hydrogen-bond acceptors (Lipinski definition) is 5. The molecule has 1 aromatic rings. The minimum Gasteiger partial charge on any atom is -0.465 e. The van der Waals surface area contributed by atoms with Crippen LogP contribution < -0.4 is 10.6 Å². The van der Waals surface area contributed by atoms with Crippen molar-refractivity contribution < 1.29 is 9.53 Å². The second kappa shape index (κ2) is 5.56. The summed E-state index contributed by atoms with van der Waals surface area (Å²) in [5.74, 6) is 0.419. The van der Waals surface area contributed by atoms with Gasteiger partial charge in [0.05, 0.1) is 12.3 Å². The predicted octanol–water partition coefficient (Wildman–Crippen LogP) is 1.96. The topological polar surface area (TPSA) is 68.5 Å². The first-order valence-corrected chi connectivity index (χ1v) is 6.74. The summed E-state index contributed by atoms with van der Waals surface area (Å²) in [5.41, 5.74) is 6.52. The van der Waals surface area contributed by atoms with E-state index < -0.39 is 0 Å². The van der Waals surface area contributed by atoms with Gasteiger partial charge in [-0.25, -0.2) is 4.98 Å². The van der Waals surface area contributed by atoms with E-state index in [2.05, 4.69) is 20.9 Å². The molecule has 1 aromatic heterocycles. The van der Waals surface area contributed by atoms with Crippen LogP contribution in [-0.4, -0.2) is 30.1 Å². The molecule has 0 saturated heterocycles. The molecule has 18 heavy (non-hydrogen) atoms. The van der Waals surface area contributed by atoms with Crippen molar-refractivity contribution in [1.29, 1.82) is 0 Å². The number of nitrogens with zero attached hydrogens (tertiary/aromatic N) is 2. The molecule has 0 aliphatic heterocycles. The SMILES string of the molecule is CCOC(=O)CN(c1ncc(Br)cc1N)C1CC1. The van der Waals surface area contributed by atoms with Crippen LogP contribution in [0.15, 0.2) is 16.7 Å². The van der Waals surface area contributed by atoms with E-state index in [-0.39, 0.29) is 12.5 Å². The zero-order valence-electron chi connectivity index (χ0n) is 10.2. The second-order valence-corrected chi connectivity index (χ2v) is 5.15. The Morgan fingerprint density at radius 2 is 2.39 bits per heavy atom. The first-order chi connectivity index (χ1) is 8.61. The molecule has 0 radical (unpaired) electrons. The predicted molar refractivity (Wildman–Crippen MR) is 73.4 cm³/mol. The number of rotatable bonds is 5. The van der Waals surface area contributed by atoms with Crippen molar-refractivity contribution in [3.8, 4) is 0 Å². The average molecular weight is 314 g/mol. The van der Waals surface area contributed by atoms with Crippen LogP contribution in [0.1, 0.15) is 19.8 Å². The van der Waals surface area contributed by atoms with Gasteiger partial charge in [0.2, 0.25) is 0 Å². The van der Waals surface area contributed by atoms with Crippen molar-refractivity contribution in [1.82, 2.24) is 4.98 Å². The van der Waals surface area contributed by atoms with Gasteiger partial charge in [-0.3, -0.25) is 4.79 Å². The lowest BCUT2D eigenvalue weighted by molar-refractivity contribution is -0.141. The van der Waals surface area contributed by atoms with Crippen molar-refractivity contribution in [2.75, 3.05) is 23.8 Å². The monoisotopic (exact) mass is 313 g/mol. The number of pyridine rings is 1. The van der Waals surface area contributed by atoms with E-state index >= 15 is 0 Å². The maximum absolute atomic E-state index is 11.6. The fraction of sp³-hybridized carbons (Fsp3) is 0.500. The largest absolute Gasteiger partial charge is 0.465 e. The number of halogens is 1. The molecule has 1 aliphatic carbocycles. The maximum atomic E-state index is 11.6. The number of hydrogen-bond donors (Lipinski definition) is 1. The number of nitrogens with two attached hydrogens (primary N) is 1. The van der Waals surface area contributed by atoms with Crippen LogP contribution in [0.5, 0.6) is 0 Å². The molecule has 98 valence electrons. The summed E-state index contributed by atoms with van der Waals surface area (Å²) in [4.78, 5) is 17.8. The third kappa shape index (κ3) is 3.13. The Morgan fingerprint density at radius 3 is 2.94 bits per heavy atom. The van der Waals surface area contributed by atoms with Gasteiger partial charge in [-0.1, -0.05) is 0 Å². The number of nitrogen functional groups attached to an aromatic ring is 1. The van der Waals surface area contributed by atoms with E-state index in [1.807, 2.05) is 4.90 Å². The molecule has 1 saturated carbocycles. The first kappa shape index (κ1) is 13.1. The molecular weight excluding hydrogens is 298 g/mol. The Labute approximate surface area is 114 Å². The van der Waals surface area contributed by atoms with E-state index in [0.29, 0.717) is 24.2 Å². The lowest BCUT2D eigenvalue weighted by Gasteiger charge is -2.23. The minimum atomic E-state index is -0.242. The quantitative estimate of drug-likeness (QED) is 0.842. The summed E-state index contributed by atoms with van der Waals surface area (Å²) in [6, 6.07) is 2.15. The Hall–Kier alpha value is -1.30. The fourth-order valence-electron chi connectivity index (χ4n) is 1.80. The molecule has 1 aliphatic rings. The molecule has 1 heterocycles. The molecule has 0 spiro atoms. The highest BCUT2D eigenvalue weighted by Crippen LogP contribution is 2.34. The number of carbonyl (C=O) groups excluding carboxylic acids is 1. The van der Waals surface area contributed by atoms with Crippen LogP contribution in [0.2, 0.25) is 0 Å². The van der Waals surface area contributed by atoms with Crippen LogP contribution >= 0.6 is 15.9 Å². The molecule has 5 nitrogen and oxygen atoms in total. The first-order valence-electron chi connectivity index (χ1n) is 5.95. The zero-order chi connectivity index (χ0) is 13.1. The standard InChI is InChI=1S/C12H16BrN3O2/c1-2-18-11(17)7-16(9-3-4-9)12-10(14)5-8(13)6-15-12/h5-6,9H,2-4,7,14H2,1H3. The lowest BCUT2D eigenvalue weighted by atomic mass is 10.3. The normalized spacial score (nSPS) is 14.3. The van der Waals surface area contributed by atoms with Crippen molar-refractivity contribution in [3.63, 3.8) is 0 Å². The average Bonchev–Trinajstić information content (AvgIpc) is 3.11. The van der Waals surface area contributed by atoms with E-state index in [9.17, 15) is 4.79 Å². The number of ether oxygens (including phenoxy) is 1. The van der Waals surface area contributed by atoms with Crippen LogP contribution in [0.4, 0.5) is 11.5 Å². The molecule has 0 amide bonds. The van der Waals surface area contributed by atoms with Gasteiger partial charge >= 0.3 is 5.97 Å². The molecule has 0 bridgehead atoms. The number of esters is 1. The van der Waals surface area contributed by atoms with E-state index in [1.165, 1.54) is 0 Å². The highest BCUT2D eigenvalue weighted by Gasteiger charge is 2.32. The summed E-state index contributed by atoms with van der Waals surface area (Å²) in [6.45, 7) is 2.39. The molecule has 6 heteroatoms. The van der Waals surface area contributed by atoms with Gasteiger partial charge in [0.1, 0.15) is 6.54 Å². The van der Waals surface area contributed by atoms with Crippen LogP contribution in [-0.2, 0) is 9.53 Å². The summed E-state index contributed by atoms with van der Waals surface area (Å²) < 4.78 is 5.81. The van der Waals surface area contributed by atoms with Gasteiger partial charge in [0.25, 0.3) is 0 Å². The van der Waals surface area contributed by atoms with Crippen molar-refractivity contribution in [2.45, 2.75) is 25.8 Å². The van der Waals surface area contributed by atoms with Gasteiger partial charge < -0.3 is 15.4 Å². The lowest BCUT2D eigenvalue weighted by Crippen LogP contribution is -2.34. The second-order valence-electron chi connectivity index (χ2n) is 4.23. The zero-order valence-corrected chi connectivity index (χ0v) is 11.8. The Kier molecular flexibility index (Phi) is 4.06. The molecule has 1 fully saturated rings.